The van der Waals surface area contributed by atoms with Gasteiger partial charge in [0.15, 0.2) is 17.4 Å². The van der Waals surface area contributed by atoms with Crippen molar-refractivity contribution in [1.82, 2.24) is 29.7 Å². The Hall–Kier alpha value is -2.77. The number of nitrogen functional groups attached to an aromatic ring is 1. The molecule has 0 radical (unpaired) electrons. The molecule has 0 spiro atoms. The molecule has 0 aliphatic carbocycles. The summed E-state index contributed by atoms with van der Waals surface area (Å²) in [6, 6.07) is 0. The number of anilines is 2. The molecule has 12 heteroatoms. The van der Waals surface area contributed by atoms with Gasteiger partial charge in [-0.25, -0.2) is 19.9 Å². The Kier molecular flexibility index (Phi) is 7.16. The normalized spacial score (nSPS) is 17.8. The van der Waals surface area contributed by atoms with Gasteiger partial charge in [0.2, 0.25) is 5.95 Å². The fourth-order valence-electron chi connectivity index (χ4n) is 4.45. The number of hydrogen-bond acceptors (Lipinski definition) is 12. The van der Waals surface area contributed by atoms with Gasteiger partial charge < -0.3 is 20.5 Å². The number of Topliss-reactive ketones (excluding diaryl/α,β-unsaturated/α-hetero) is 1. The van der Waals surface area contributed by atoms with E-state index in [1.54, 1.807) is 23.7 Å². The summed E-state index contributed by atoms with van der Waals surface area (Å²) in [5.74, 6) is 1.61. The lowest BCUT2D eigenvalue weighted by atomic mass is 10.2. The van der Waals surface area contributed by atoms with Crippen molar-refractivity contribution in [3.05, 3.63) is 22.8 Å². The van der Waals surface area contributed by atoms with Gasteiger partial charge in [-0.1, -0.05) is 0 Å². The topological polar surface area (TPSA) is 134 Å². The molecule has 5 heterocycles. The van der Waals surface area contributed by atoms with Gasteiger partial charge in [0.25, 0.3) is 0 Å². The number of nitrogens with two attached hydrogens (primary N) is 1. The van der Waals surface area contributed by atoms with Gasteiger partial charge in [-0.05, 0) is 12.5 Å². The van der Waals surface area contributed by atoms with E-state index in [2.05, 4.69) is 31.6 Å². The number of morpholine rings is 1. The number of aryl methyl sites for hydroxylation is 1. The molecule has 2 aliphatic rings. The van der Waals surface area contributed by atoms with Crippen LogP contribution in [0.25, 0.3) is 21.6 Å². The summed E-state index contributed by atoms with van der Waals surface area (Å²) in [5.41, 5.74) is 8.53. The molecule has 5 rings (SSSR count). The minimum atomic E-state index is -0.391. The van der Waals surface area contributed by atoms with Crippen molar-refractivity contribution >= 4 is 39.1 Å². The van der Waals surface area contributed by atoms with E-state index >= 15 is 0 Å². The number of thiophene rings is 1. The number of fused-ring (bicyclic) bond motifs is 1. The molecule has 0 atom stereocenters. The number of hydrogen-bond donors (Lipinski definition) is 2. The number of ketones is 1. The molecule has 0 bridgehead atoms. The van der Waals surface area contributed by atoms with E-state index in [1.807, 2.05) is 0 Å². The van der Waals surface area contributed by atoms with Gasteiger partial charge in [0.1, 0.15) is 6.61 Å². The lowest BCUT2D eigenvalue weighted by Crippen LogP contribution is -2.47. The van der Waals surface area contributed by atoms with Crippen LogP contribution >= 0.6 is 11.3 Å². The summed E-state index contributed by atoms with van der Waals surface area (Å²) < 4.78 is 6.66. The number of rotatable bonds is 7. The average molecular weight is 499 g/mol. The van der Waals surface area contributed by atoms with E-state index in [-0.39, 0.29) is 11.7 Å². The summed E-state index contributed by atoms with van der Waals surface area (Å²) in [7, 11) is 0. The highest BCUT2D eigenvalue weighted by atomic mass is 32.1. The van der Waals surface area contributed by atoms with Gasteiger partial charge in [0.05, 0.1) is 35.5 Å². The first-order valence-corrected chi connectivity index (χ1v) is 12.6. The highest BCUT2D eigenvalue weighted by molar-refractivity contribution is 7.19. The quantitative estimate of drug-likeness (QED) is 0.473. The molecule has 2 aliphatic heterocycles. The first-order chi connectivity index (χ1) is 17.0. The Morgan fingerprint density at radius 2 is 1.77 bits per heavy atom. The Morgan fingerprint density at radius 3 is 2.46 bits per heavy atom. The zero-order valence-electron chi connectivity index (χ0n) is 19.8. The standard InChI is InChI=1S/C23H30N8O3S/c1-15-18(13-30-4-2-29(3-5-30)12-17(33)14-32)35-20-19(15)27-21(16-10-25-23(24)26-11-16)28-22(20)31-6-8-34-9-7-31/h10-11,32H,2-9,12-14H2,1H3,(H2,24,25,26). The number of carbonyl (C=O) groups is 1. The van der Waals surface area contributed by atoms with Gasteiger partial charge in [0, 0.05) is 63.1 Å². The molecule has 3 aromatic heterocycles. The van der Waals surface area contributed by atoms with Crippen LogP contribution in [-0.2, 0) is 16.1 Å². The molecule has 11 nitrogen and oxygen atoms in total. The molecule has 0 aromatic carbocycles. The molecule has 3 N–H and O–H groups in total. The maximum absolute atomic E-state index is 11.6. The van der Waals surface area contributed by atoms with Crippen molar-refractivity contribution in [2.24, 2.45) is 0 Å². The molecule has 186 valence electrons. The highest BCUT2D eigenvalue weighted by Crippen LogP contribution is 2.38. The lowest BCUT2D eigenvalue weighted by molar-refractivity contribution is -0.123. The van der Waals surface area contributed by atoms with Crippen molar-refractivity contribution in [1.29, 1.82) is 0 Å². The maximum Gasteiger partial charge on any atom is 0.219 e. The van der Waals surface area contributed by atoms with Crippen LogP contribution < -0.4 is 10.6 Å². The second kappa shape index (κ2) is 10.5. The van der Waals surface area contributed by atoms with Crippen LogP contribution in [0.2, 0.25) is 0 Å². The predicted octanol–water partition coefficient (Wildman–Crippen LogP) is 0.555. The van der Waals surface area contributed by atoms with Gasteiger partial charge in [-0.3, -0.25) is 14.6 Å². The highest BCUT2D eigenvalue weighted by Gasteiger charge is 2.24. The van der Waals surface area contributed by atoms with Crippen LogP contribution in [-0.4, -0.2) is 106 Å². The Balaban J connectivity index is 1.43. The van der Waals surface area contributed by atoms with Gasteiger partial charge >= 0.3 is 0 Å². The number of ether oxygens (including phenoxy) is 1. The summed E-state index contributed by atoms with van der Waals surface area (Å²) >= 11 is 1.76. The van der Waals surface area contributed by atoms with Crippen molar-refractivity contribution < 1.29 is 14.6 Å². The van der Waals surface area contributed by atoms with Crippen molar-refractivity contribution in [2.45, 2.75) is 13.5 Å². The van der Waals surface area contributed by atoms with Crippen LogP contribution in [0.5, 0.6) is 0 Å². The summed E-state index contributed by atoms with van der Waals surface area (Å²) in [4.78, 5) is 37.7. The lowest BCUT2D eigenvalue weighted by Gasteiger charge is -2.34. The summed E-state index contributed by atoms with van der Waals surface area (Å²) in [6.07, 6.45) is 3.33. The SMILES string of the molecule is Cc1c(CN2CCN(CC(=O)CO)CC2)sc2c(N3CCOCC3)nc(-c3cnc(N)nc3)nc12. The zero-order valence-corrected chi connectivity index (χ0v) is 20.6. The number of piperazine rings is 1. The Bertz CT molecular complexity index is 1190. The van der Waals surface area contributed by atoms with E-state index in [9.17, 15) is 4.79 Å². The third kappa shape index (κ3) is 5.26. The van der Waals surface area contributed by atoms with Gasteiger partial charge in [-0.15, -0.1) is 11.3 Å². The second-order valence-electron chi connectivity index (χ2n) is 8.88. The average Bonchev–Trinajstić information content (AvgIpc) is 3.20. The summed E-state index contributed by atoms with van der Waals surface area (Å²) in [5, 5.41) is 9.01. The van der Waals surface area contributed by atoms with Crippen LogP contribution in [0.1, 0.15) is 10.4 Å². The molecule has 2 saturated heterocycles. The smallest absolute Gasteiger partial charge is 0.219 e. The largest absolute Gasteiger partial charge is 0.389 e. The molecule has 0 amide bonds. The predicted molar refractivity (Wildman–Crippen MR) is 134 cm³/mol. The van der Waals surface area contributed by atoms with Crippen LogP contribution in [0.4, 0.5) is 11.8 Å². The van der Waals surface area contributed by atoms with E-state index in [0.29, 0.717) is 25.6 Å². The number of carbonyl (C=O) groups excluding carboxylic acids is 1. The van der Waals surface area contributed by atoms with Crippen molar-refractivity contribution in [2.75, 3.05) is 76.3 Å². The molecular weight excluding hydrogens is 468 g/mol. The zero-order chi connectivity index (χ0) is 24.4. The van der Waals surface area contributed by atoms with Crippen molar-refractivity contribution in [3.63, 3.8) is 0 Å². The van der Waals surface area contributed by atoms with E-state index in [0.717, 1.165) is 73.0 Å². The number of aliphatic hydroxyl groups is 1. The van der Waals surface area contributed by atoms with Crippen LogP contribution in [0, 0.1) is 6.92 Å². The number of aromatic nitrogens is 4. The van der Waals surface area contributed by atoms with E-state index < -0.39 is 6.61 Å². The molecule has 0 saturated carbocycles. The van der Waals surface area contributed by atoms with E-state index in [1.165, 1.54) is 4.88 Å². The third-order valence-corrected chi connectivity index (χ3v) is 7.76. The van der Waals surface area contributed by atoms with E-state index in [4.69, 9.17) is 25.5 Å². The second-order valence-corrected chi connectivity index (χ2v) is 9.98. The van der Waals surface area contributed by atoms with Crippen LogP contribution in [0.15, 0.2) is 12.4 Å². The Morgan fingerprint density at radius 1 is 1.09 bits per heavy atom. The maximum atomic E-state index is 11.6. The van der Waals surface area contributed by atoms with Crippen molar-refractivity contribution in [3.8, 4) is 11.4 Å². The molecule has 35 heavy (non-hydrogen) atoms. The minimum absolute atomic E-state index is 0.129. The monoisotopic (exact) mass is 498 g/mol. The van der Waals surface area contributed by atoms with Crippen LogP contribution in [0.3, 0.4) is 0 Å². The number of nitrogens with zero attached hydrogens (tertiary/aromatic N) is 7. The summed E-state index contributed by atoms with van der Waals surface area (Å²) in [6.45, 7) is 9.19. The molecule has 2 fully saturated rings. The first kappa shape index (κ1) is 23.9. The minimum Gasteiger partial charge on any atom is -0.389 e. The first-order valence-electron chi connectivity index (χ1n) is 11.8. The third-order valence-electron chi connectivity index (χ3n) is 6.50. The fourth-order valence-corrected chi connectivity index (χ4v) is 5.75. The number of aliphatic hydroxyl groups excluding tert-OH is 1. The fraction of sp³-hybridized carbons (Fsp3) is 0.522. The Labute approximate surface area is 207 Å². The molecule has 0 unspecified atom stereocenters. The van der Waals surface area contributed by atoms with Gasteiger partial charge in [-0.2, -0.15) is 0 Å². The molecule has 3 aromatic rings. The molecular formula is C23H30N8O3S.